The average Bonchev–Trinajstić information content (AvgIpc) is 1.98. The molecule has 0 fully saturated rings. The van der Waals surface area contributed by atoms with Crippen LogP contribution < -0.4 is 5.73 Å². The first kappa shape index (κ1) is 14.8. The summed E-state index contributed by atoms with van der Waals surface area (Å²) in [4.78, 5) is 1.66. The van der Waals surface area contributed by atoms with Crippen LogP contribution in [0.15, 0.2) is 0 Å². The monoisotopic (exact) mass is 222 g/mol. The van der Waals surface area contributed by atoms with E-state index in [0.29, 0.717) is 19.0 Å². The highest BCUT2D eigenvalue weighted by atomic mass is 19.3. The first-order chi connectivity index (χ1) is 6.74. The molecule has 0 aliphatic rings. The van der Waals surface area contributed by atoms with Crippen molar-refractivity contribution in [1.29, 1.82) is 0 Å². The summed E-state index contributed by atoms with van der Waals surface area (Å²) in [5.74, 6) is 0.300. The van der Waals surface area contributed by atoms with Gasteiger partial charge in [-0.2, -0.15) is 0 Å². The van der Waals surface area contributed by atoms with Gasteiger partial charge in [-0.1, -0.05) is 20.8 Å². The van der Waals surface area contributed by atoms with Gasteiger partial charge in [0.1, 0.15) is 0 Å². The molecular weight excluding hydrogens is 198 g/mol. The Hall–Kier alpha value is -0.220. The number of hydrogen-bond donors (Lipinski definition) is 1. The van der Waals surface area contributed by atoms with Crippen molar-refractivity contribution in [3.8, 4) is 0 Å². The predicted molar refractivity (Wildman–Crippen MR) is 60.1 cm³/mol. The maximum Gasteiger partial charge on any atom is 0.251 e. The van der Waals surface area contributed by atoms with Crippen LogP contribution in [-0.2, 0) is 0 Å². The van der Waals surface area contributed by atoms with Gasteiger partial charge < -0.3 is 10.6 Å². The smallest absolute Gasteiger partial charge is 0.251 e. The van der Waals surface area contributed by atoms with Gasteiger partial charge in [0.15, 0.2) is 0 Å². The molecule has 0 spiro atoms. The lowest BCUT2D eigenvalue weighted by molar-refractivity contribution is 0.0896. The minimum atomic E-state index is -2.26. The molecule has 2 N–H and O–H groups in total. The van der Waals surface area contributed by atoms with Gasteiger partial charge in [-0.15, -0.1) is 0 Å². The van der Waals surface area contributed by atoms with Gasteiger partial charge in [0.2, 0.25) is 0 Å². The van der Waals surface area contributed by atoms with E-state index in [1.807, 2.05) is 0 Å². The number of nitrogens with zero attached hydrogens (tertiary/aromatic N) is 1. The second-order valence-electron chi connectivity index (χ2n) is 5.48. The molecule has 92 valence electrons. The van der Waals surface area contributed by atoms with Gasteiger partial charge in [-0.05, 0) is 31.3 Å². The zero-order valence-corrected chi connectivity index (χ0v) is 10.3. The van der Waals surface area contributed by atoms with E-state index >= 15 is 0 Å². The molecule has 0 amide bonds. The summed E-state index contributed by atoms with van der Waals surface area (Å²) in [5, 5.41) is 0. The molecule has 0 aromatic heterocycles. The lowest BCUT2D eigenvalue weighted by Gasteiger charge is -2.28. The van der Waals surface area contributed by atoms with Gasteiger partial charge in [-0.3, -0.25) is 0 Å². The molecule has 4 heteroatoms. The van der Waals surface area contributed by atoms with Gasteiger partial charge in [0, 0.05) is 6.54 Å². The molecule has 1 unspecified atom stereocenters. The predicted octanol–water partition coefficient (Wildman–Crippen LogP) is 2.19. The Labute approximate surface area is 91.8 Å². The fourth-order valence-corrected chi connectivity index (χ4v) is 1.84. The lowest BCUT2D eigenvalue weighted by atomic mass is 9.84. The molecule has 0 saturated heterocycles. The van der Waals surface area contributed by atoms with Gasteiger partial charge >= 0.3 is 0 Å². The van der Waals surface area contributed by atoms with E-state index in [1.54, 1.807) is 11.9 Å². The summed E-state index contributed by atoms with van der Waals surface area (Å²) >= 11 is 0. The number of alkyl halides is 2. The van der Waals surface area contributed by atoms with Crippen molar-refractivity contribution in [3.05, 3.63) is 0 Å². The average molecular weight is 222 g/mol. The first-order valence-corrected chi connectivity index (χ1v) is 5.41. The molecule has 0 aliphatic heterocycles. The normalized spacial score (nSPS) is 15.0. The number of nitrogens with two attached hydrogens (primary N) is 1. The van der Waals surface area contributed by atoms with Gasteiger partial charge in [0.05, 0.1) is 6.54 Å². The van der Waals surface area contributed by atoms with Crippen LogP contribution in [-0.4, -0.2) is 38.0 Å². The van der Waals surface area contributed by atoms with Crippen LogP contribution in [0.5, 0.6) is 0 Å². The van der Waals surface area contributed by atoms with Crippen LogP contribution in [0.25, 0.3) is 0 Å². The minimum absolute atomic E-state index is 0.166. The summed E-state index contributed by atoms with van der Waals surface area (Å²) in [6.07, 6.45) is -1.29. The molecule has 0 aliphatic carbocycles. The molecule has 2 nitrogen and oxygen atoms in total. The standard InChI is InChI=1S/C11H24F2N2/c1-11(2,3)5-9(6-14)7-15(4)8-10(12)13/h9-10H,5-8,14H2,1-4H3. The van der Waals surface area contributed by atoms with Crippen molar-refractivity contribution in [3.63, 3.8) is 0 Å². The Morgan fingerprint density at radius 2 is 1.73 bits per heavy atom. The number of hydrogen-bond acceptors (Lipinski definition) is 2. The van der Waals surface area contributed by atoms with E-state index in [0.717, 1.165) is 6.42 Å². The molecule has 0 aromatic rings. The molecule has 0 heterocycles. The van der Waals surface area contributed by atoms with E-state index in [1.165, 1.54) is 0 Å². The van der Waals surface area contributed by atoms with Crippen molar-refractivity contribution in [2.24, 2.45) is 17.1 Å². The molecule has 0 radical (unpaired) electrons. The maximum atomic E-state index is 12.1. The third-order valence-electron chi connectivity index (χ3n) is 2.25. The molecule has 1 atom stereocenters. The van der Waals surface area contributed by atoms with Crippen molar-refractivity contribution in [2.45, 2.75) is 33.6 Å². The zero-order chi connectivity index (χ0) is 12.1. The van der Waals surface area contributed by atoms with Crippen molar-refractivity contribution in [1.82, 2.24) is 4.90 Å². The van der Waals surface area contributed by atoms with E-state index in [4.69, 9.17) is 5.73 Å². The topological polar surface area (TPSA) is 29.3 Å². The Bertz CT molecular complexity index is 166. The van der Waals surface area contributed by atoms with E-state index in [2.05, 4.69) is 20.8 Å². The number of rotatable bonds is 6. The van der Waals surface area contributed by atoms with Crippen LogP contribution >= 0.6 is 0 Å². The summed E-state index contributed by atoms with van der Waals surface area (Å²) in [5.41, 5.74) is 5.85. The molecular formula is C11H24F2N2. The van der Waals surface area contributed by atoms with Crippen LogP contribution in [0.3, 0.4) is 0 Å². The zero-order valence-electron chi connectivity index (χ0n) is 10.3. The molecule has 0 saturated carbocycles. The van der Waals surface area contributed by atoms with Crippen molar-refractivity contribution < 1.29 is 8.78 Å². The van der Waals surface area contributed by atoms with Crippen molar-refractivity contribution >= 4 is 0 Å². The van der Waals surface area contributed by atoms with Crippen molar-refractivity contribution in [2.75, 3.05) is 26.7 Å². The SMILES string of the molecule is CN(CC(F)F)CC(CN)CC(C)(C)C. The third kappa shape index (κ3) is 8.75. The van der Waals surface area contributed by atoms with Crippen LogP contribution in [0, 0.1) is 11.3 Å². The van der Waals surface area contributed by atoms with Crippen LogP contribution in [0.2, 0.25) is 0 Å². The fourth-order valence-electron chi connectivity index (χ4n) is 1.84. The molecule has 0 rings (SSSR count). The van der Waals surface area contributed by atoms with E-state index in [-0.39, 0.29) is 12.0 Å². The van der Waals surface area contributed by atoms with Gasteiger partial charge in [-0.25, -0.2) is 8.78 Å². The first-order valence-electron chi connectivity index (χ1n) is 5.41. The maximum absolute atomic E-state index is 12.1. The highest BCUT2D eigenvalue weighted by Gasteiger charge is 2.19. The third-order valence-corrected chi connectivity index (χ3v) is 2.25. The largest absolute Gasteiger partial charge is 0.330 e. The van der Waals surface area contributed by atoms with Crippen LogP contribution in [0.4, 0.5) is 8.78 Å². The Morgan fingerprint density at radius 3 is 2.07 bits per heavy atom. The minimum Gasteiger partial charge on any atom is -0.330 e. The summed E-state index contributed by atoms with van der Waals surface area (Å²) < 4.78 is 24.2. The van der Waals surface area contributed by atoms with Gasteiger partial charge in [0.25, 0.3) is 6.43 Å². The Morgan fingerprint density at radius 1 is 1.20 bits per heavy atom. The molecule has 0 bridgehead atoms. The summed E-state index contributed by atoms with van der Waals surface area (Å²) in [6, 6.07) is 0. The lowest BCUT2D eigenvalue weighted by Crippen LogP contribution is -2.35. The Balaban J connectivity index is 3.98. The summed E-state index contributed by atoms with van der Waals surface area (Å²) in [7, 11) is 1.72. The highest BCUT2D eigenvalue weighted by Crippen LogP contribution is 2.24. The summed E-state index contributed by atoms with van der Waals surface area (Å²) in [6.45, 7) is 7.47. The van der Waals surface area contributed by atoms with Crippen LogP contribution in [0.1, 0.15) is 27.2 Å². The highest BCUT2D eigenvalue weighted by molar-refractivity contribution is 4.72. The second kappa shape index (κ2) is 6.38. The number of halogens is 2. The Kier molecular flexibility index (Phi) is 6.29. The molecule has 0 aromatic carbocycles. The van der Waals surface area contributed by atoms with E-state index in [9.17, 15) is 8.78 Å². The fraction of sp³-hybridized carbons (Fsp3) is 1.00. The molecule has 15 heavy (non-hydrogen) atoms. The second-order valence-corrected chi connectivity index (χ2v) is 5.48. The quantitative estimate of drug-likeness (QED) is 0.746. The van der Waals surface area contributed by atoms with E-state index < -0.39 is 6.43 Å².